The summed E-state index contributed by atoms with van der Waals surface area (Å²) < 4.78 is 119. The Morgan fingerprint density at radius 2 is 1.39 bits per heavy atom. The van der Waals surface area contributed by atoms with Gasteiger partial charge in [0.05, 0.1) is 5.56 Å². The highest BCUT2D eigenvalue weighted by molar-refractivity contribution is 5.67. The quantitative estimate of drug-likeness (QED) is 0.531. The zero-order valence-electron chi connectivity index (χ0n) is 13.1. The fourth-order valence-corrected chi connectivity index (χ4v) is 2.40. The van der Waals surface area contributed by atoms with Crippen molar-refractivity contribution in [3.05, 3.63) is 47.9 Å². The van der Waals surface area contributed by atoms with Gasteiger partial charge in [0.15, 0.2) is 5.65 Å². The molecule has 0 fully saturated rings. The average molecular weight is 415 g/mol. The highest BCUT2D eigenvalue weighted by Gasteiger charge is 2.40. The van der Waals surface area contributed by atoms with Crippen LogP contribution < -0.4 is 4.74 Å². The molecule has 0 aliphatic heterocycles. The number of fused-ring (bicyclic) bond motifs is 1. The number of benzene rings is 1. The molecule has 2 heterocycles. The Morgan fingerprint density at radius 3 is 1.96 bits per heavy atom. The van der Waals surface area contributed by atoms with Gasteiger partial charge in [-0.2, -0.15) is 26.3 Å². The van der Waals surface area contributed by atoms with E-state index in [4.69, 9.17) is 0 Å². The van der Waals surface area contributed by atoms with Crippen molar-refractivity contribution in [2.75, 3.05) is 0 Å². The van der Waals surface area contributed by atoms with E-state index in [2.05, 4.69) is 14.9 Å². The van der Waals surface area contributed by atoms with E-state index >= 15 is 0 Å². The number of hydrogen-bond acceptors (Lipinski definition) is 3. The lowest BCUT2D eigenvalue weighted by Gasteiger charge is -2.16. The molecule has 0 radical (unpaired) electrons. The maximum Gasteiger partial charge on any atom is 0.573 e. The van der Waals surface area contributed by atoms with Crippen LogP contribution in [-0.2, 0) is 12.4 Å². The fourth-order valence-electron chi connectivity index (χ4n) is 2.40. The maximum atomic E-state index is 13.1. The van der Waals surface area contributed by atoms with E-state index in [-0.39, 0.29) is 16.8 Å². The molecular weight excluding hydrogens is 409 g/mol. The van der Waals surface area contributed by atoms with Crippen molar-refractivity contribution in [1.29, 1.82) is 0 Å². The third kappa shape index (κ3) is 3.97. The summed E-state index contributed by atoms with van der Waals surface area (Å²) in [6, 6.07) is 3.87. The molecule has 0 unspecified atom stereocenters. The lowest BCUT2D eigenvalue weighted by atomic mass is 10.0. The predicted octanol–water partition coefficient (Wildman–Crippen LogP) is 5.33. The largest absolute Gasteiger partial charge is 0.573 e. The molecule has 4 nitrogen and oxygen atoms in total. The lowest BCUT2D eigenvalue weighted by Crippen LogP contribution is -2.20. The summed E-state index contributed by atoms with van der Waals surface area (Å²) in [5.41, 5.74) is -2.38. The first kappa shape index (κ1) is 19.8. The molecule has 0 amide bonds. The van der Waals surface area contributed by atoms with Crippen LogP contribution in [0.15, 0.2) is 36.5 Å². The van der Waals surface area contributed by atoms with Crippen LogP contribution in [0.25, 0.3) is 16.8 Å². The summed E-state index contributed by atoms with van der Waals surface area (Å²) in [6.45, 7) is 0. The first-order chi connectivity index (χ1) is 12.8. The Bertz CT molecular complexity index is 1020. The highest BCUT2D eigenvalue weighted by Crippen LogP contribution is 2.40. The fraction of sp³-hybridized carbons (Fsp3) is 0.200. The summed E-state index contributed by atoms with van der Waals surface area (Å²) in [7, 11) is 0. The monoisotopic (exact) mass is 415 g/mol. The van der Waals surface area contributed by atoms with E-state index in [1.54, 1.807) is 0 Å². The number of rotatable bonds is 2. The molecule has 0 bridgehead atoms. The third-order valence-electron chi connectivity index (χ3n) is 3.50. The predicted molar refractivity (Wildman–Crippen MR) is 75.1 cm³/mol. The van der Waals surface area contributed by atoms with Crippen LogP contribution in [0.4, 0.5) is 39.5 Å². The van der Waals surface area contributed by atoms with Crippen LogP contribution in [0.1, 0.15) is 11.4 Å². The topological polar surface area (TPSA) is 39.4 Å². The minimum absolute atomic E-state index is 0.137. The Balaban J connectivity index is 2.13. The van der Waals surface area contributed by atoms with Gasteiger partial charge in [-0.05, 0) is 35.4 Å². The Hall–Kier alpha value is -2.99. The standard InChI is InChI=1S/C15H6F9N3O/c16-13(17,18)9-5-7(1-3-10(9)28-15(22,23)24)8-2-4-11-25-26-12(14(19,20)21)27(11)6-8/h1-6H. The highest BCUT2D eigenvalue weighted by atomic mass is 19.4. The molecule has 1 aromatic carbocycles. The molecule has 0 saturated heterocycles. The van der Waals surface area contributed by atoms with Gasteiger partial charge in [0.2, 0.25) is 5.82 Å². The molecule has 13 heteroatoms. The summed E-state index contributed by atoms with van der Waals surface area (Å²) in [5.74, 6) is -2.89. The number of hydrogen-bond donors (Lipinski definition) is 0. The second-order valence-electron chi connectivity index (χ2n) is 5.42. The number of ether oxygens (including phenoxy) is 1. The molecule has 0 spiro atoms. The van der Waals surface area contributed by atoms with E-state index in [1.807, 2.05) is 0 Å². The van der Waals surface area contributed by atoms with E-state index in [0.29, 0.717) is 16.5 Å². The van der Waals surface area contributed by atoms with Crippen LogP contribution in [0, 0.1) is 0 Å². The Labute approximate surface area is 149 Å². The summed E-state index contributed by atoms with van der Waals surface area (Å²) in [4.78, 5) is 0. The molecule has 0 atom stereocenters. The molecule has 28 heavy (non-hydrogen) atoms. The summed E-state index contributed by atoms with van der Waals surface area (Å²) in [6.07, 6.45) is -14.6. The Morgan fingerprint density at radius 1 is 0.750 bits per heavy atom. The van der Waals surface area contributed by atoms with Crippen LogP contribution in [0.5, 0.6) is 5.75 Å². The molecule has 0 N–H and O–H groups in total. The smallest absolute Gasteiger partial charge is 0.405 e. The summed E-state index contributed by atoms with van der Waals surface area (Å²) >= 11 is 0. The Kier molecular flexibility index (Phi) is 4.43. The number of aromatic nitrogens is 3. The van der Waals surface area contributed by atoms with Crippen molar-refractivity contribution in [3.8, 4) is 16.9 Å². The number of nitrogens with zero attached hydrogens (tertiary/aromatic N) is 3. The van der Waals surface area contributed by atoms with Gasteiger partial charge in [0.25, 0.3) is 0 Å². The first-order valence-electron chi connectivity index (χ1n) is 7.15. The lowest BCUT2D eigenvalue weighted by molar-refractivity contribution is -0.276. The van der Waals surface area contributed by atoms with Crippen molar-refractivity contribution in [1.82, 2.24) is 14.6 Å². The van der Waals surface area contributed by atoms with Crippen molar-refractivity contribution in [2.45, 2.75) is 18.7 Å². The molecule has 3 rings (SSSR count). The van der Waals surface area contributed by atoms with Crippen LogP contribution in [-0.4, -0.2) is 21.0 Å². The number of halogens is 9. The van der Waals surface area contributed by atoms with Crippen LogP contribution in [0.3, 0.4) is 0 Å². The average Bonchev–Trinajstić information content (AvgIpc) is 2.95. The molecule has 0 aliphatic rings. The second kappa shape index (κ2) is 6.27. The second-order valence-corrected chi connectivity index (χ2v) is 5.42. The normalized spacial score (nSPS) is 13.2. The minimum atomic E-state index is -5.36. The van der Waals surface area contributed by atoms with Gasteiger partial charge in [0, 0.05) is 6.20 Å². The van der Waals surface area contributed by atoms with Gasteiger partial charge in [-0.15, -0.1) is 23.4 Å². The number of alkyl halides is 9. The SMILES string of the molecule is FC(F)(F)Oc1ccc(-c2ccc3nnc(C(F)(F)F)n3c2)cc1C(F)(F)F. The van der Waals surface area contributed by atoms with Crippen LogP contribution >= 0.6 is 0 Å². The van der Waals surface area contributed by atoms with E-state index < -0.39 is 35.9 Å². The molecular formula is C15H6F9N3O. The molecule has 150 valence electrons. The first-order valence-corrected chi connectivity index (χ1v) is 7.15. The maximum absolute atomic E-state index is 13.1. The van der Waals surface area contributed by atoms with E-state index in [1.165, 1.54) is 0 Å². The molecule has 0 saturated carbocycles. The molecule has 2 aromatic heterocycles. The number of pyridine rings is 1. The zero-order chi connectivity index (χ0) is 20.9. The third-order valence-corrected chi connectivity index (χ3v) is 3.50. The van der Waals surface area contributed by atoms with Crippen molar-refractivity contribution in [2.24, 2.45) is 0 Å². The van der Waals surface area contributed by atoms with Crippen molar-refractivity contribution in [3.63, 3.8) is 0 Å². The van der Waals surface area contributed by atoms with Crippen molar-refractivity contribution >= 4 is 5.65 Å². The van der Waals surface area contributed by atoms with Gasteiger partial charge < -0.3 is 4.74 Å². The van der Waals surface area contributed by atoms with Gasteiger partial charge in [-0.1, -0.05) is 6.07 Å². The zero-order valence-corrected chi connectivity index (χ0v) is 13.1. The molecule has 3 aromatic rings. The summed E-state index contributed by atoms with van der Waals surface area (Å²) in [5, 5.41) is 6.27. The van der Waals surface area contributed by atoms with E-state index in [9.17, 15) is 39.5 Å². The van der Waals surface area contributed by atoms with Gasteiger partial charge >= 0.3 is 18.7 Å². The van der Waals surface area contributed by atoms with E-state index in [0.717, 1.165) is 24.4 Å². The van der Waals surface area contributed by atoms with Crippen LogP contribution in [0.2, 0.25) is 0 Å². The van der Waals surface area contributed by atoms with Gasteiger partial charge in [0.1, 0.15) is 5.75 Å². The van der Waals surface area contributed by atoms with Crippen molar-refractivity contribution < 1.29 is 44.3 Å². The molecule has 0 aliphatic carbocycles. The van der Waals surface area contributed by atoms with Gasteiger partial charge in [-0.25, -0.2) is 0 Å². The van der Waals surface area contributed by atoms with Gasteiger partial charge in [-0.3, -0.25) is 4.40 Å². The minimum Gasteiger partial charge on any atom is -0.405 e.